The van der Waals surface area contributed by atoms with E-state index in [0.29, 0.717) is 6.54 Å². The van der Waals surface area contributed by atoms with Crippen LogP contribution in [0.2, 0.25) is 0 Å². The van der Waals surface area contributed by atoms with Crippen molar-refractivity contribution in [1.29, 1.82) is 0 Å². The van der Waals surface area contributed by atoms with Crippen LogP contribution < -0.4 is 5.32 Å². The fraction of sp³-hybridized carbons (Fsp3) is 0.700. The van der Waals surface area contributed by atoms with Gasteiger partial charge in [0.2, 0.25) is 5.91 Å². The first-order valence-electron chi connectivity index (χ1n) is 5.16. The Bertz CT molecular complexity index is 320. The highest BCUT2D eigenvalue weighted by Crippen LogP contribution is 2.38. The molecule has 0 radical (unpaired) electrons. The van der Waals surface area contributed by atoms with Crippen molar-refractivity contribution in [2.24, 2.45) is 0 Å². The van der Waals surface area contributed by atoms with Crippen LogP contribution in [-0.2, 0) is 14.1 Å². The number of amides is 1. The summed E-state index contributed by atoms with van der Waals surface area (Å²) in [6.45, 7) is 8.51. The zero-order chi connectivity index (χ0) is 11.3. The fourth-order valence-electron chi connectivity index (χ4n) is 1.61. The van der Waals surface area contributed by atoms with Gasteiger partial charge in [0.25, 0.3) is 0 Å². The highest BCUT2D eigenvalue weighted by atomic mass is 16.7. The Morgan fingerprint density at radius 2 is 1.80 bits per heavy atom. The molecule has 0 aromatic rings. The van der Waals surface area contributed by atoms with Gasteiger partial charge in [-0.3, -0.25) is 4.79 Å². The Kier molecular flexibility index (Phi) is 2.21. The SMILES string of the molecule is CC1(C)OB(C2=CC(=O)NC2)OC1(C)C. The molecule has 1 N–H and O–H groups in total. The lowest BCUT2D eigenvalue weighted by Gasteiger charge is -2.32. The zero-order valence-corrected chi connectivity index (χ0v) is 9.59. The lowest BCUT2D eigenvalue weighted by atomic mass is 9.79. The van der Waals surface area contributed by atoms with Crippen LogP contribution in [0, 0.1) is 0 Å². The summed E-state index contributed by atoms with van der Waals surface area (Å²) in [5, 5.41) is 2.71. The number of carbonyl (C=O) groups excluding carboxylic acids is 1. The van der Waals surface area contributed by atoms with E-state index < -0.39 is 7.12 Å². The molecule has 0 atom stereocenters. The van der Waals surface area contributed by atoms with E-state index in [9.17, 15) is 4.79 Å². The van der Waals surface area contributed by atoms with E-state index in [-0.39, 0.29) is 17.1 Å². The normalized spacial score (nSPS) is 27.9. The first kappa shape index (κ1) is 10.7. The van der Waals surface area contributed by atoms with E-state index in [4.69, 9.17) is 9.31 Å². The van der Waals surface area contributed by atoms with Crippen molar-refractivity contribution in [1.82, 2.24) is 5.32 Å². The van der Waals surface area contributed by atoms with Crippen LogP contribution in [0.25, 0.3) is 0 Å². The third kappa shape index (κ3) is 1.70. The van der Waals surface area contributed by atoms with Crippen LogP contribution in [0.15, 0.2) is 11.5 Å². The lowest BCUT2D eigenvalue weighted by molar-refractivity contribution is -0.115. The van der Waals surface area contributed by atoms with Crippen LogP contribution in [0.3, 0.4) is 0 Å². The van der Waals surface area contributed by atoms with E-state index in [1.807, 2.05) is 27.7 Å². The predicted molar refractivity (Wildman–Crippen MR) is 57.2 cm³/mol. The van der Waals surface area contributed by atoms with Crippen molar-refractivity contribution < 1.29 is 14.1 Å². The maximum atomic E-state index is 11.0. The Morgan fingerprint density at radius 3 is 2.20 bits per heavy atom. The molecule has 0 bridgehead atoms. The van der Waals surface area contributed by atoms with E-state index >= 15 is 0 Å². The molecule has 0 aromatic carbocycles. The van der Waals surface area contributed by atoms with Gasteiger partial charge in [-0.15, -0.1) is 0 Å². The second-order valence-electron chi connectivity index (χ2n) is 5.03. The zero-order valence-electron chi connectivity index (χ0n) is 9.59. The molecule has 1 amide bonds. The summed E-state index contributed by atoms with van der Waals surface area (Å²) in [7, 11) is -0.394. The average Bonchev–Trinajstić information content (AvgIpc) is 2.56. The van der Waals surface area contributed by atoms with Gasteiger partial charge in [0.15, 0.2) is 0 Å². The summed E-state index contributed by atoms with van der Waals surface area (Å²) < 4.78 is 11.6. The van der Waals surface area contributed by atoms with Crippen LogP contribution in [0.5, 0.6) is 0 Å². The molecule has 1 fully saturated rings. The molecule has 0 aromatic heterocycles. The second-order valence-corrected chi connectivity index (χ2v) is 5.03. The van der Waals surface area contributed by atoms with Gasteiger partial charge in [-0.25, -0.2) is 0 Å². The fourth-order valence-corrected chi connectivity index (χ4v) is 1.61. The van der Waals surface area contributed by atoms with Crippen molar-refractivity contribution in [2.45, 2.75) is 38.9 Å². The smallest absolute Gasteiger partial charge is 0.400 e. The maximum absolute atomic E-state index is 11.0. The minimum atomic E-state index is -0.394. The maximum Gasteiger partial charge on any atom is 0.492 e. The molecule has 5 heteroatoms. The molecule has 2 aliphatic rings. The van der Waals surface area contributed by atoms with Crippen molar-refractivity contribution in [3.63, 3.8) is 0 Å². The Hall–Kier alpha value is -0.805. The molecule has 1 saturated heterocycles. The number of hydrogen-bond donors (Lipinski definition) is 1. The summed E-state index contributed by atoms with van der Waals surface area (Å²) in [5.41, 5.74) is 0.188. The number of carbonyl (C=O) groups is 1. The minimum absolute atomic E-state index is 0.0697. The summed E-state index contributed by atoms with van der Waals surface area (Å²) in [6, 6.07) is 0. The molecule has 0 aliphatic carbocycles. The van der Waals surface area contributed by atoms with Gasteiger partial charge < -0.3 is 14.6 Å². The van der Waals surface area contributed by atoms with Gasteiger partial charge in [0.05, 0.1) is 11.2 Å². The molecule has 0 saturated carbocycles. The van der Waals surface area contributed by atoms with Gasteiger partial charge in [-0.1, -0.05) is 0 Å². The van der Waals surface area contributed by atoms with Crippen molar-refractivity contribution >= 4 is 13.0 Å². The first-order chi connectivity index (χ1) is 6.82. The van der Waals surface area contributed by atoms with Crippen LogP contribution in [0.4, 0.5) is 0 Å². The van der Waals surface area contributed by atoms with Gasteiger partial charge in [-0.05, 0) is 33.2 Å². The Morgan fingerprint density at radius 1 is 1.27 bits per heavy atom. The third-order valence-electron chi connectivity index (χ3n) is 3.34. The third-order valence-corrected chi connectivity index (χ3v) is 3.34. The molecule has 4 nitrogen and oxygen atoms in total. The van der Waals surface area contributed by atoms with Gasteiger partial charge in [0, 0.05) is 12.6 Å². The van der Waals surface area contributed by atoms with E-state index in [0.717, 1.165) is 5.47 Å². The van der Waals surface area contributed by atoms with Gasteiger partial charge in [-0.2, -0.15) is 0 Å². The molecule has 0 spiro atoms. The second kappa shape index (κ2) is 3.09. The van der Waals surface area contributed by atoms with Crippen LogP contribution >= 0.6 is 0 Å². The predicted octanol–water partition coefficient (Wildman–Crippen LogP) is 0.674. The Balaban J connectivity index is 2.16. The average molecular weight is 209 g/mol. The first-order valence-corrected chi connectivity index (χ1v) is 5.16. The quantitative estimate of drug-likeness (QED) is 0.645. The van der Waals surface area contributed by atoms with Crippen molar-refractivity contribution in [2.75, 3.05) is 6.54 Å². The molecule has 2 aliphatic heterocycles. The molecule has 82 valence electrons. The highest BCUT2D eigenvalue weighted by Gasteiger charge is 2.52. The summed E-state index contributed by atoms with van der Waals surface area (Å²) >= 11 is 0. The number of hydrogen-bond acceptors (Lipinski definition) is 3. The van der Waals surface area contributed by atoms with E-state index in [1.165, 1.54) is 0 Å². The van der Waals surface area contributed by atoms with Gasteiger partial charge >= 0.3 is 7.12 Å². The summed E-state index contributed by atoms with van der Waals surface area (Å²) in [4.78, 5) is 11.0. The topological polar surface area (TPSA) is 47.6 Å². The largest absolute Gasteiger partial charge is 0.492 e. The van der Waals surface area contributed by atoms with Crippen molar-refractivity contribution in [3.05, 3.63) is 11.5 Å². The van der Waals surface area contributed by atoms with Crippen molar-refractivity contribution in [3.8, 4) is 0 Å². The summed E-state index contributed by atoms with van der Waals surface area (Å²) in [6.07, 6.45) is 1.56. The lowest BCUT2D eigenvalue weighted by Crippen LogP contribution is -2.41. The van der Waals surface area contributed by atoms with Crippen LogP contribution in [-0.4, -0.2) is 30.8 Å². The highest BCUT2D eigenvalue weighted by molar-refractivity contribution is 6.55. The Labute approximate surface area is 90.2 Å². The molecule has 0 unspecified atom stereocenters. The summed E-state index contributed by atoms with van der Waals surface area (Å²) in [5.74, 6) is -0.0697. The van der Waals surface area contributed by atoms with E-state index in [2.05, 4.69) is 5.32 Å². The molecule has 2 heterocycles. The monoisotopic (exact) mass is 209 g/mol. The standard InChI is InChI=1S/C10H16BNO3/c1-9(2)10(3,4)15-11(14-9)7-5-8(13)12-6-7/h5H,6H2,1-4H3,(H,12,13). The number of nitrogens with one attached hydrogen (secondary N) is 1. The molecule has 2 rings (SSSR count). The van der Waals surface area contributed by atoms with E-state index in [1.54, 1.807) is 6.08 Å². The van der Waals surface area contributed by atoms with Crippen LogP contribution in [0.1, 0.15) is 27.7 Å². The van der Waals surface area contributed by atoms with Gasteiger partial charge in [0.1, 0.15) is 0 Å². The number of rotatable bonds is 1. The minimum Gasteiger partial charge on any atom is -0.400 e. The molecular formula is C10H16BNO3. The molecule has 15 heavy (non-hydrogen) atoms. The molecular weight excluding hydrogens is 193 g/mol.